The lowest BCUT2D eigenvalue weighted by Crippen LogP contribution is -2.23. The number of anilines is 1. The predicted molar refractivity (Wildman–Crippen MR) is 109 cm³/mol. The van der Waals surface area contributed by atoms with Crippen LogP contribution in [0.15, 0.2) is 35.7 Å². The zero-order chi connectivity index (χ0) is 19.4. The summed E-state index contributed by atoms with van der Waals surface area (Å²) in [6, 6.07) is 9.65. The summed E-state index contributed by atoms with van der Waals surface area (Å²) in [5, 5.41) is 10.2. The van der Waals surface area contributed by atoms with Crippen molar-refractivity contribution in [1.29, 1.82) is 0 Å². The van der Waals surface area contributed by atoms with Crippen LogP contribution in [0.4, 0.5) is 5.82 Å². The molecule has 0 saturated carbocycles. The van der Waals surface area contributed by atoms with E-state index in [-0.39, 0.29) is 11.8 Å². The number of hydrogen-bond acceptors (Lipinski definition) is 5. The molecule has 6 nitrogen and oxygen atoms in total. The molecule has 3 rings (SSSR count). The molecule has 142 valence electrons. The highest BCUT2D eigenvalue weighted by atomic mass is 32.1. The van der Waals surface area contributed by atoms with Crippen molar-refractivity contribution in [3.8, 4) is 22.1 Å². The minimum absolute atomic E-state index is 0.00250. The summed E-state index contributed by atoms with van der Waals surface area (Å²) in [6.07, 6.45) is 1.62. The molecule has 2 heterocycles. The number of nitrogens with zero attached hydrogens (tertiary/aromatic N) is 3. The average Bonchev–Trinajstić information content (AvgIpc) is 3.29. The first kappa shape index (κ1) is 19.1. The topological polar surface area (TPSA) is 69.0 Å². The Labute approximate surface area is 163 Å². The van der Waals surface area contributed by atoms with E-state index < -0.39 is 0 Å². The van der Waals surface area contributed by atoms with Crippen molar-refractivity contribution in [2.24, 2.45) is 5.92 Å². The van der Waals surface area contributed by atoms with Crippen LogP contribution < -0.4 is 10.1 Å². The number of benzene rings is 1. The van der Waals surface area contributed by atoms with Crippen molar-refractivity contribution in [2.75, 3.05) is 12.4 Å². The molecule has 0 aliphatic carbocycles. The number of hydrogen-bond donors (Lipinski definition) is 1. The highest BCUT2D eigenvalue weighted by molar-refractivity contribution is 7.12. The summed E-state index contributed by atoms with van der Waals surface area (Å²) in [5.74, 6) is 1.45. The van der Waals surface area contributed by atoms with E-state index in [9.17, 15) is 4.79 Å². The molecule has 1 aromatic carbocycles. The first-order valence-electron chi connectivity index (χ1n) is 9.03. The van der Waals surface area contributed by atoms with Gasteiger partial charge in [0.25, 0.3) is 0 Å². The summed E-state index contributed by atoms with van der Waals surface area (Å²) in [4.78, 5) is 17.2. The van der Waals surface area contributed by atoms with E-state index in [1.807, 2.05) is 56.5 Å². The van der Waals surface area contributed by atoms with Gasteiger partial charge in [-0.25, -0.2) is 4.98 Å². The van der Waals surface area contributed by atoms with E-state index in [0.717, 1.165) is 35.5 Å². The fourth-order valence-electron chi connectivity index (χ4n) is 2.90. The standard InChI is InChI=1S/C20H24N4O2S/c1-5-14(6-2)19(25)22-18-10-13(3)23-24(18)20-21-17(12-27-20)15-8-7-9-16(11-15)26-4/h7-12,14H,5-6H2,1-4H3,(H,22,25). The van der Waals surface area contributed by atoms with Gasteiger partial charge >= 0.3 is 0 Å². The number of carbonyl (C=O) groups excluding carboxylic acids is 1. The third kappa shape index (κ3) is 4.19. The molecule has 1 N–H and O–H groups in total. The summed E-state index contributed by atoms with van der Waals surface area (Å²) in [7, 11) is 1.65. The maximum atomic E-state index is 12.5. The van der Waals surface area contributed by atoms with Gasteiger partial charge < -0.3 is 10.1 Å². The molecule has 0 saturated heterocycles. The van der Waals surface area contributed by atoms with Crippen molar-refractivity contribution < 1.29 is 9.53 Å². The monoisotopic (exact) mass is 384 g/mol. The van der Waals surface area contributed by atoms with Crippen molar-refractivity contribution >= 4 is 23.1 Å². The van der Waals surface area contributed by atoms with Crippen LogP contribution in [0, 0.1) is 12.8 Å². The second kappa shape index (κ2) is 8.35. The van der Waals surface area contributed by atoms with E-state index in [1.54, 1.807) is 11.8 Å². The first-order chi connectivity index (χ1) is 13.0. The Bertz CT molecular complexity index is 928. The normalized spacial score (nSPS) is 11.0. The largest absolute Gasteiger partial charge is 0.497 e. The third-order valence-electron chi connectivity index (χ3n) is 4.48. The molecule has 0 bridgehead atoms. The zero-order valence-corrected chi connectivity index (χ0v) is 16.8. The maximum absolute atomic E-state index is 12.5. The first-order valence-corrected chi connectivity index (χ1v) is 9.91. The van der Waals surface area contributed by atoms with Crippen LogP contribution in [0.5, 0.6) is 5.75 Å². The van der Waals surface area contributed by atoms with Crippen LogP contribution in [0.25, 0.3) is 16.4 Å². The molecule has 1 amide bonds. The molecule has 7 heteroatoms. The van der Waals surface area contributed by atoms with Gasteiger partial charge in [-0.2, -0.15) is 9.78 Å². The van der Waals surface area contributed by atoms with Gasteiger partial charge in [0.15, 0.2) is 0 Å². The molecule has 3 aromatic rings. The number of amides is 1. The second-order valence-corrected chi connectivity index (χ2v) is 7.17. The van der Waals surface area contributed by atoms with Crippen molar-refractivity contribution in [1.82, 2.24) is 14.8 Å². The highest BCUT2D eigenvalue weighted by Gasteiger charge is 2.18. The predicted octanol–water partition coefficient (Wildman–Crippen LogP) is 4.69. The lowest BCUT2D eigenvalue weighted by Gasteiger charge is -2.12. The molecular formula is C20H24N4O2S. The van der Waals surface area contributed by atoms with E-state index in [1.165, 1.54) is 11.3 Å². The van der Waals surface area contributed by atoms with Gasteiger partial charge in [-0.3, -0.25) is 4.79 Å². The Hall–Kier alpha value is -2.67. The Morgan fingerprint density at radius 2 is 2.07 bits per heavy atom. The fraction of sp³-hybridized carbons (Fsp3) is 0.350. The SMILES string of the molecule is CCC(CC)C(=O)Nc1cc(C)nn1-c1nc(-c2cccc(OC)c2)cs1. The Morgan fingerprint density at radius 3 is 2.78 bits per heavy atom. The minimum atomic E-state index is -0.00250. The molecule has 0 spiro atoms. The van der Waals surface area contributed by atoms with E-state index >= 15 is 0 Å². The summed E-state index contributed by atoms with van der Waals surface area (Å²) in [5.41, 5.74) is 2.65. The Kier molecular flexibility index (Phi) is 5.91. The molecular weight excluding hydrogens is 360 g/mol. The molecule has 0 radical (unpaired) electrons. The lowest BCUT2D eigenvalue weighted by molar-refractivity contribution is -0.120. The van der Waals surface area contributed by atoms with Crippen LogP contribution >= 0.6 is 11.3 Å². The molecule has 0 atom stereocenters. The number of aromatic nitrogens is 3. The highest BCUT2D eigenvalue weighted by Crippen LogP contribution is 2.28. The summed E-state index contributed by atoms with van der Waals surface area (Å²) >= 11 is 1.48. The van der Waals surface area contributed by atoms with Gasteiger partial charge in [0.1, 0.15) is 11.6 Å². The molecule has 0 fully saturated rings. The Morgan fingerprint density at radius 1 is 1.30 bits per heavy atom. The molecule has 0 aliphatic heterocycles. The lowest BCUT2D eigenvalue weighted by atomic mass is 10.0. The number of methoxy groups -OCH3 is 1. The van der Waals surface area contributed by atoms with Gasteiger partial charge in [0, 0.05) is 22.9 Å². The number of rotatable bonds is 7. The number of carbonyl (C=O) groups is 1. The van der Waals surface area contributed by atoms with Crippen molar-refractivity contribution in [2.45, 2.75) is 33.6 Å². The van der Waals surface area contributed by atoms with Gasteiger partial charge in [0.05, 0.1) is 18.5 Å². The second-order valence-electron chi connectivity index (χ2n) is 6.33. The van der Waals surface area contributed by atoms with Crippen molar-refractivity contribution in [3.05, 3.63) is 41.4 Å². The van der Waals surface area contributed by atoms with Crippen molar-refractivity contribution in [3.63, 3.8) is 0 Å². The molecule has 0 unspecified atom stereocenters. The molecule has 27 heavy (non-hydrogen) atoms. The van der Waals surface area contributed by atoms with Crippen LogP contribution in [0.2, 0.25) is 0 Å². The zero-order valence-electron chi connectivity index (χ0n) is 16.0. The fourth-order valence-corrected chi connectivity index (χ4v) is 3.69. The maximum Gasteiger partial charge on any atom is 0.228 e. The smallest absolute Gasteiger partial charge is 0.228 e. The van der Waals surface area contributed by atoms with E-state index in [2.05, 4.69) is 10.4 Å². The van der Waals surface area contributed by atoms with Crippen LogP contribution in [0.3, 0.4) is 0 Å². The van der Waals surface area contributed by atoms with Gasteiger partial charge in [-0.05, 0) is 31.9 Å². The van der Waals surface area contributed by atoms with Gasteiger partial charge in [-0.15, -0.1) is 11.3 Å². The summed E-state index contributed by atoms with van der Waals surface area (Å²) in [6.45, 7) is 5.95. The van der Waals surface area contributed by atoms with Crippen LogP contribution in [-0.2, 0) is 4.79 Å². The number of thiazole rings is 1. The number of nitrogens with one attached hydrogen (secondary N) is 1. The van der Waals surface area contributed by atoms with E-state index in [4.69, 9.17) is 9.72 Å². The minimum Gasteiger partial charge on any atom is -0.497 e. The average molecular weight is 385 g/mol. The molecule has 0 aliphatic rings. The number of aryl methyl sites for hydroxylation is 1. The summed E-state index contributed by atoms with van der Waals surface area (Å²) < 4.78 is 6.99. The third-order valence-corrected chi connectivity index (χ3v) is 5.29. The van der Waals surface area contributed by atoms with Crippen LogP contribution in [0.1, 0.15) is 32.4 Å². The van der Waals surface area contributed by atoms with Gasteiger partial charge in [0.2, 0.25) is 11.0 Å². The van der Waals surface area contributed by atoms with Gasteiger partial charge in [-0.1, -0.05) is 26.0 Å². The van der Waals surface area contributed by atoms with Crippen LogP contribution in [-0.4, -0.2) is 27.8 Å². The molecule has 2 aromatic heterocycles. The quantitative estimate of drug-likeness (QED) is 0.642. The Balaban J connectivity index is 1.89. The van der Waals surface area contributed by atoms with E-state index in [0.29, 0.717) is 10.9 Å². The number of ether oxygens (including phenoxy) is 1.